The quantitative estimate of drug-likeness (QED) is 0.501. The van der Waals surface area contributed by atoms with E-state index in [1.54, 1.807) is 6.08 Å². The molecular weight excluding hydrogens is 115 g/mol. The third kappa shape index (κ3) is 3.07. The number of allylic oxidation sites excluding steroid dienone is 4. The van der Waals surface area contributed by atoms with Gasteiger partial charge >= 0.3 is 0 Å². The van der Waals surface area contributed by atoms with Crippen LogP contribution in [0, 0.1) is 0 Å². The number of hydrogen-bond donors (Lipinski definition) is 0. The van der Waals surface area contributed by atoms with E-state index in [0.29, 0.717) is 0 Å². The molecular formula is C8H13F. The Labute approximate surface area is 56.1 Å². The van der Waals surface area contributed by atoms with Crippen molar-refractivity contribution in [2.24, 2.45) is 0 Å². The highest BCUT2D eigenvalue weighted by atomic mass is 19.1. The summed E-state index contributed by atoms with van der Waals surface area (Å²) in [6.45, 7) is 5.47. The van der Waals surface area contributed by atoms with E-state index in [-0.39, 0.29) is 6.67 Å². The van der Waals surface area contributed by atoms with Crippen LogP contribution in [0.5, 0.6) is 0 Å². The maximum atomic E-state index is 11.6. The SMILES string of the molecule is C/C=C(C)\C(C)=C/CF. The second-order valence-electron chi connectivity index (χ2n) is 2.01. The fourth-order valence-corrected chi connectivity index (χ4v) is 0.504. The summed E-state index contributed by atoms with van der Waals surface area (Å²) in [5.74, 6) is 0. The van der Waals surface area contributed by atoms with Gasteiger partial charge in [-0.3, -0.25) is 0 Å². The smallest absolute Gasteiger partial charge is 0.108 e. The van der Waals surface area contributed by atoms with Crippen molar-refractivity contribution >= 4 is 0 Å². The van der Waals surface area contributed by atoms with Crippen molar-refractivity contribution in [1.82, 2.24) is 0 Å². The van der Waals surface area contributed by atoms with Gasteiger partial charge in [0.2, 0.25) is 0 Å². The van der Waals surface area contributed by atoms with Gasteiger partial charge in [0.15, 0.2) is 0 Å². The van der Waals surface area contributed by atoms with E-state index >= 15 is 0 Å². The molecule has 0 aromatic carbocycles. The van der Waals surface area contributed by atoms with Gasteiger partial charge in [0.25, 0.3) is 0 Å². The van der Waals surface area contributed by atoms with Gasteiger partial charge in [-0.2, -0.15) is 0 Å². The second kappa shape index (κ2) is 4.30. The highest BCUT2D eigenvalue weighted by Gasteiger charge is 1.87. The molecule has 0 aromatic rings. The molecule has 52 valence electrons. The Morgan fingerprint density at radius 3 is 2.22 bits per heavy atom. The number of alkyl halides is 1. The van der Waals surface area contributed by atoms with E-state index < -0.39 is 0 Å². The Morgan fingerprint density at radius 1 is 1.33 bits per heavy atom. The van der Waals surface area contributed by atoms with Gasteiger partial charge in [-0.1, -0.05) is 17.7 Å². The standard InChI is InChI=1S/C8H13F/c1-4-7(2)8(3)5-6-9/h4-5H,6H2,1-3H3/b7-4-,8-5-. The molecule has 0 aliphatic heterocycles. The van der Waals surface area contributed by atoms with Crippen LogP contribution in [0.25, 0.3) is 0 Å². The molecule has 0 bridgehead atoms. The molecule has 0 aromatic heterocycles. The van der Waals surface area contributed by atoms with Gasteiger partial charge in [-0.05, 0) is 26.3 Å². The molecule has 0 unspecified atom stereocenters. The summed E-state index contributed by atoms with van der Waals surface area (Å²) in [7, 11) is 0. The fraction of sp³-hybridized carbons (Fsp3) is 0.500. The minimum Gasteiger partial charge on any atom is -0.247 e. The topological polar surface area (TPSA) is 0 Å². The van der Waals surface area contributed by atoms with Crippen LogP contribution in [0.3, 0.4) is 0 Å². The molecule has 0 fully saturated rings. The maximum absolute atomic E-state index is 11.6. The lowest BCUT2D eigenvalue weighted by Crippen LogP contribution is -1.78. The van der Waals surface area contributed by atoms with E-state index in [1.165, 1.54) is 0 Å². The van der Waals surface area contributed by atoms with Gasteiger partial charge in [0, 0.05) is 0 Å². The molecule has 0 saturated carbocycles. The Kier molecular flexibility index (Phi) is 4.02. The van der Waals surface area contributed by atoms with Crippen molar-refractivity contribution in [3.05, 3.63) is 23.3 Å². The highest BCUT2D eigenvalue weighted by molar-refractivity contribution is 5.25. The van der Waals surface area contributed by atoms with Crippen LogP contribution in [-0.2, 0) is 0 Å². The zero-order chi connectivity index (χ0) is 7.28. The number of hydrogen-bond acceptors (Lipinski definition) is 0. The van der Waals surface area contributed by atoms with Crippen molar-refractivity contribution in [3.8, 4) is 0 Å². The second-order valence-corrected chi connectivity index (χ2v) is 2.01. The highest BCUT2D eigenvalue weighted by Crippen LogP contribution is 2.06. The van der Waals surface area contributed by atoms with E-state index in [9.17, 15) is 4.39 Å². The van der Waals surface area contributed by atoms with E-state index in [0.717, 1.165) is 11.1 Å². The van der Waals surface area contributed by atoms with E-state index in [2.05, 4.69) is 0 Å². The molecule has 0 atom stereocenters. The minimum absolute atomic E-state index is 0.364. The Morgan fingerprint density at radius 2 is 1.89 bits per heavy atom. The summed E-state index contributed by atoms with van der Waals surface area (Å²) in [6, 6.07) is 0. The molecule has 9 heavy (non-hydrogen) atoms. The van der Waals surface area contributed by atoms with Gasteiger partial charge in [0.1, 0.15) is 6.67 Å². The predicted molar refractivity (Wildman–Crippen MR) is 39.2 cm³/mol. The van der Waals surface area contributed by atoms with Crippen LogP contribution in [0.4, 0.5) is 4.39 Å². The van der Waals surface area contributed by atoms with Gasteiger partial charge < -0.3 is 0 Å². The molecule has 0 nitrogen and oxygen atoms in total. The monoisotopic (exact) mass is 128 g/mol. The lowest BCUT2D eigenvalue weighted by molar-refractivity contribution is 0.560. The zero-order valence-electron chi connectivity index (χ0n) is 6.24. The number of halogens is 1. The van der Waals surface area contributed by atoms with Crippen LogP contribution in [0.15, 0.2) is 23.3 Å². The first-order chi connectivity index (χ1) is 4.22. The van der Waals surface area contributed by atoms with Crippen LogP contribution >= 0.6 is 0 Å². The molecule has 0 spiro atoms. The van der Waals surface area contributed by atoms with Crippen LogP contribution in [-0.4, -0.2) is 6.67 Å². The van der Waals surface area contributed by atoms with Crippen LogP contribution < -0.4 is 0 Å². The molecule has 0 saturated heterocycles. The Hall–Kier alpha value is -0.590. The van der Waals surface area contributed by atoms with Crippen molar-refractivity contribution in [1.29, 1.82) is 0 Å². The van der Waals surface area contributed by atoms with Gasteiger partial charge in [-0.25, -0.2) is 4.39 Å². The molecule has 0 N–H and O–H groups in total. The summed E-state index contributed by atoms with van der Waals surface area (Å²) in [4.78, 5) is 0. The van der Waals surface area contributed by atoms with Crippen molar-refractivity contribution in [2.75, 3.05) is 6.67 Å². The van der Waals surface area contributed by atoms with Crippen molar-refractivity contribution in [3.63, 3.8) is 0 Å². The lowest BCUT2D eigenvalue weighted by atomic mass is 10.1. The fourth-order valence-electron chi connectivity index (χ4n) is 0.504. The molecule has 1 heteroatoms. The molecule has 0 aliphatic carbocycles. The third-order valence-corrected chi connectivity index (χ3v) is 1.44. The van der Waals surface area contributed by atoms with Gasteiger partial charge in [0.05, 0.1) is 0 Å². The molecule has 0 aliphatic rings. The zero-order valence-corrected chi connectivity index (χ0v) is 6.24. The normalized spacial score (nSPS) is 14.2. The largest absolute Gasteiger partial charge is 0.247 e. The van der Waals surface area contributed by atoms with E-state index in [1.807, 2.05) is 26.8 Å². The first-order valence-electron chi connectivity index (χ1n) is 3.08. The van der Waals surface area contributed by atoms with Crippen molar-refractivity contribution in [2.45, 2.75) is 20.8 Å². The minimum atomic E-state index is -0.364. The molecule has 0 rings (SSSR count). The van der Waals surface area contributed by atoms with Crippen LogP contribution in [0.1, 0.15) is 20.8 Å². The Bertz CT molecular complexity index is 132. The summed E-state index contributed by atoms with van der Waals surface area (Å²) >= 11 is 0. The lowest BCUT2D eigenvalue weighted by Gasteiger charge is -1.96. The average molecular weight is 128 g/mol. The summed E-state index contributed by atoms with van der Waals surface area (Å²) in [6.07, 6.45) is 3.55. The third-order valence-electron chi connectivity index (χ3n) is 1.44. The average Bonchev–Trinajstić information content (AvgIpc) is 1.87. The summed E-state index contributed by atoms with van der Waals surface area (Å²) in [5, 5.41) is 0. The first-order valence-corrected chi connectivity index (χ1v) is 3.08. The summed E-state index contributed by atoms with van der Waals surface area (Å²) < 4.78 is 11.6. The Balaban J connectivity index is 4.03. The summed E-state index contributed by atoms with van der Waals surface area (Å²) in [5.41, 5.74) is 2.17. The van der Waals surface area contributed by atoms with E-state index in [4.69, 9.17) is 0 Å². The van der Waals surface area contributed by atoms with Gasteiger partial charge in [-0.15, -0.1) is 0 Å². The first kappa shape index (κ1) is 8.41. The molecule has 0 amide bonds. The number of rotatable bonds is 2. The van der Waals surface area contributed by atoms with Crippen LogP contribution in [0.2, 0.25) is 0 Å². The molecule has 0 radical (unpaired) electrons. The molecule has 0 heterocycles. The van der Waals surface area contributed by atoms with Crippen molar-refractivity contribution < 1.29 is 4.39 Å². The predicted octanol–water partition coefficient (Wildman–Crippen LogP) is 2.87. The maximum Gasteiger partial charge on any atom is 0.108 e.